The van der Waals surface area contributed by atoms with Crippen LogP contribution in [0.2, 0.25) is 0 Å². The lowest BCUT2D eigenvalue weighted by molar-refractivity contribution is 0.0554. The Morgan fingerprint density at radius 3 is 1.97 bits per heavy atom. The van der Waals surface area contributed by atoms with Crippen LogP contribution in [-0.2, 0) is 9.47 Å². The molecule has 0 aliphatic carbocycles. The van der Waals surface area contributed by atoms with Gasteiger partial charge < -0.3 is 19.3 Å². The van der Waals surface area contributed by atoms with E-state index < -0.39 is 23.4 Å². The zero-order valence-electron chi connectivity index (χ0n) is 18.2. The number of amides is 2. The Labute approximate surface area is 172 Å². The van der Waals surface area contributed by atoms with Crippen LogP contribution >= 0.6 is 0 Å². The average Bonchev–Trinajstić information content (AvgIpc) is 2.59. The number of aliphatic imine (C=N–C) groups is 1. The minimum absolute atomic E-state index is 0.140. The summed E-state index contributed by atoms with van der Waals surface area (Å²) in [5.41, 5.74) is -0.200. The standard InChI is InChI=1S/C21H32N4O4/c1-20(2,3)28-18(26)22-17(23-19(27)29-21(4,5)6)25-14-12-24(13-15-25)16-10-8-7-9-11-16/h7-11H,12-15H2,1-6H3,(H,22,23,26,27). The number of para-hydroxylation sites is 1. The Kier molecular flexibility index (Phi) is 7.11. The summed E-state index contributed by atoms with van der Waals surface area (Å²) in [6.07, 6.45) is -1.42. The van der Waals surface area contributed by atoms with Gasteiger partial charge in [0, 0.05) is 31.9 Å². The molecule has 0 saturated carbocycles. The number of hydrogen-bond donors (Lipinski definition) is 1. The summed E-state index contributed by atoms with van der Waals surface area (Å²) in [6, 6.07) is 10.1. The fraction of sp³-hybridized carbons (Fsp3) is 0.571. The number of benzene rings is 1. The molecular formula is C21H32N4O4. The van der Waals surface area contributed by atoms with Crippen molar-refractivity contribution in [1.29, 1.82) is 0 Å². The van der Waals surface area contributed by atoms with Crippen molar-refractivity contribution >= 4 is 23.8 Å². The Morgan fingerprint density at radius 2 is 1.45 bits per heavy atom. The smallest absolute Gasteiger partial charge is 0.437 e. The monoisotopic (exact) mass is 404 g/mol. The van der Waals surface area contributed by atoms with Gasteiger partial charge in [-0.1, -0.05) is 18.2 Å². The first-order valence-corrected chi connectivity index (χ1v) is 9.79. The predicted molar refractivity (Wildman–Crippen MR) is 113 cm³/mol. The highest BCUT2D eigenvalue weighted by atomic mass is 16.6. The SMILES string of the molecule is CC(C)(C)OC(=O)/N=C(/NC(=O)OC(C)(C)C)N1CCN(c2ccccc2)CC1. The molecular weight excluding hydrogens is 372 g/mol. The van der Waals surface area contributed by atoms with E-state index in [1.54, 1.807) is 41.5 Å². The zero-order valence-corrected chi connectivity index (χ0v) is 18.2. The number of ether oxygens (including phenoxy) is 2. The number of guanidine groups is 1. The van der Waals surface area contributed by atoms with Gasteiger partial charge in [-0.05, 0) is 53.7 Å². The van der Waals surface area contributed by atoms with Crippen molar-refractivity contribution in [3.8, 4) is 0 Å². The number of anilines is 1. The molecule has 29 heavy (non-hydrogen) atoms. The maximum absolute atomic E-state index is 12.3. The molecule has 0 spiro atoms. The lowest BCUT2D eigenvalue weighted by Crippen LogP contribution is -2.54. The molecule has 2 rings (SSSR count). The van der Waals surface area contributed by atoms with Crippen molar-refractivity contribution < 1.29 is 19.1 Å². The van der Waals surface area contributed by atoms with Crippen LogP contribution in [-0.4, -0.2) is 60.4 Å². The number of alkyl carbamates (subject to hydrolysis) is 1. The Bertz CT molecular complexity index is 727. The van der Waals surface area contributed by atoms with E-state index in [9.17, 15) is 9.59 Å². The summed E-state index contributed by atoms with van der Waals surface area (Å²) >= 11 is 0. The van der Waals surface area contributed by atoms with Crippen LogP contribution in [0.5, 0.6) is 0 Å². The van der Waals surface area contributed by atoms with Crippen LogP contribution in [0.1, 0.15) is 41.5 Å². The topological polar surface area (TPSA) is 83.5 Å². The first kappa shape index (κ1) is 22.5. The van der Waals surface area contributed by atoms with Crippen molar-refractivity contribution in [2.45, 2.75) is 52.7 Å². The summed E-state index contributed by atoms with van der Waals surface area (Å²) in [5.74, 6) is 0.140. The van der Waals surface area contributed by atoms with Gasteiger partial charge in [0.1, 0.15) is 11.2 Å². The minimum atomic E-state index is -0.756. The van der Waals surface area contributed by atoms with E-state index >= 15 is 0 Å². The quantitative estimate of drug-likeness (QED) is 0.568. The number of nitrogens with one attached hydrogen (secondary N) is 1. The van der Waals surface area contributed by atoms with Crippen molar-refractivity contribution in [3.05, 3.63) is 30.3 Å². The third-order valence-electron chi connectivity index (χ3n) is 3.90. The summed E-state index contributed by atoms with van der Waals surface area (Å²) < 4.78 is 10.6. The number of carbonyl (C=O) groups excluding carboxylic acids is 2. The van der Waals surface area contributed by atoms with Crippen molar-refractivity contribution in [1.82, 2.24) is 10.2 Å². The fourth-order valence-electron chi connectivity index (χ4n) is 2.76. The number of rotatable bonds is 1. The molecule has 0 unspecified atom stereocenters. The molecule has 1 aromatic carbocycles. The maximum atomic E-state index is 12.3. The van der Waals surface area contributed by atoms with E-state index in [1.165, 1.54) is 0 Å². The lowest BCUT2D eigenvalue weighted by atomic mass is 10.2. The van der Waals surface area contributed by atoms with Gasteiger partial charge in [0.2, 0.25) is 5.96 Å². The molecule has 0 bridgehead atoms. The lowest BCUT2D eigenvalue weighted by Gasteiger charge is -2.37. The minimum Gasteiger partial charge on any atom is -0.444 e. The van der Waals surface area contributed by atoms with Crippen LogP contribution < -0.4 is 10.2 Å². The molecule has 0 atom stereocenters. The summed E-state index contributed by atoms with van der Waals surface area (Å²) in [7, 11) is 0. The first-order valence-electron chi connectivity index (χ1n) is 9.79. The van der Waals surface area contributed by atoms with Crippen molar-refractivity contribution in [2.24, 2.45) is 4.99 Å². The van der Waals surface area contributed by atoms with Crippen molar-refractivity contribution in [3.63, 3.8) is 0 Å². The highest BCUT2D eigenvalue weighted by molar-refractivity contribution is 5.99. The molecule has 160 valence electrons. The van der Waals surface area contributed by atoms with Gasteiger partial charge in [-0.2, -0.15) is 0 Å². The largest absolute Gasteiger partial charge is 0.444 e. The van der Waals surface area contributed by atoms with Crippen LogP contribution in [0.3, 0.4) is 0 Å². The first-order chi connectivity index (χ1) is 13.4. The second kappa shape index (κ2) is 9.15. The summed E-state index contributed by atoms with van der Waals surface area (Å²) in [6.45, 7) is 13.3. The second-order valence-corrected chi connectivity index (χ2v) is 8.85. The van der Waals surface area contributed by atoms with Crippen LogP contribution in [0.15, 0.2) is 35.3 Å². The van der Waals surface area contributed by atoms with Gasteiger partial charge in [-0.25, -0.2) is 9.59 Å². The molecule has 1 heterocycles. The summed E-state index contributed by atoms with van der Waals surface area (Å²) in [4.78, 5) is 32.6. The highest BCUT2D eigenvalue weighted by Gasteiger charge is 2.26. The Balaban J connectivity index is 2.10. The van der Waals surface area contributed by atoms with E-state index in [0.29, 0.717) is 13.1 Å². The number of piperazine rings is 1. The molecule has 8 nitrogen and oxygen atoms in total. The van der Waals surface area contributed by atoms with Crippen LogP contribution in [0.4, 0.5) is 15.3 Å². The second-order valence-electron chi connectivity index (χ2n) is 8.85. The Morgan fingerprint density at radius 1 is 0.897 bits per heavy atom. The van der Waals surface area contributed by atoms with Gasteiger partial charge in [-0.3, -0.25) is 5.32 Å². The van der Waals surface area contributed by atoms with Crippen molar-refractivity contribution in [2.75, 3.05) is 31.1 Å². The third kappa shape index (κ3) is 8.01. The third-order valence-corrected chi connectivity index (χ3v) is 3.90. The molecule has 2 amide bonds. The number of nitrogens with zero attached hydrogens (tertiary/aromatic N) is 3. The van der Waals surface area contributed by atoms with Gasteiger partial charge in [0.05, 0.1) is 0 Å². The van der Waals surface area contributed by atoms with E-state index in [0.717, 1.165) is 18.8 Å². The molecule has 1 aliphatic heterocycles. The summed E-state index contributed by atoms with van der Waals surface area (Å²) in [5, 5.41) is 2.61. The molecule has 1 aromatic rings. The van der Waals surface area contributed by atoms with Crippen LogP contribution in [0.25, 0.3) is 0 Å². The predicted octanol–water partition coefficient (Wildman–Crippen LogP) is 3.62. The molecule has 1 saturated heterocycles. The van der Waals surface area contributed by atoms with E-state index in [4.69, 9.17) is 9.47 Å². The Hall–Kier alpha value is -2.77. The van der Waals surface area contributed by atoms with Gasteiger partial charge in [0.25, 0.3) is 0 Å². The molecule has 1 N–H and O–H groups in total. The molecule has 0 aromatic heterocycles. The van der Waals surface area contributed by atoms with Gasteiger partial charge in [-0.15, -0.1) is 4.99 Å². The zero-order chi connectivity index (χ0) is 21.7. The molecule has 1 fully saturated rings. The number of hydrogen-bond acceptors (Lipinski definition) is 5. The van der Waals surface area contributed by atoms with Gasteiger partial charge in [0.15, 0.2) is 0 Å². The average molecular weight is 405 g/mol. The van der Waals surface area contributed by atoms with E-state index in [-0.39, 0.29) is 5.96 Å². The fourth-order valence-corrected chi connectivity index (χ4v) is 2.76. The van der Waals surface area contributed by atoms with Crippen LogP contribution in [0, 0.1) is 0 Å². The van der Waals surface area contributed by atoms with E-state index in [2.05, 4.69) is 27.3 Å². The van der Waals surface area contributed by atoms with Gasteiger partial charge >= 0.3 is 12.2 Å². The molecule has 0 radical (unpaired) electrons. The normalized spacial score (nSPS) is 15.7. The molecule has 8 heteroatoms. The molecule has 1 aliphatic rings. The maximum Gasteiger partial charge on any atom is 0.437 e. The number of carbonyl (C=O) groups is 2. The van der Waals surface area contributed by atoms with E-state index in [1.807, 2.05) is 23.1 Å². The highest BCUT2D eigenvalue weighted by Crippen LogP contribution is 2.16.